The minimum Gasteiger partial charge on any atom is -0.381 e. The van der Waals surface area contributed by atoms with E-state index in [2.05, 4.69) is 16.7 Å². The average molecular weight is 682 g/mol. The molecular weight excluding hydrogens is 646 g/mol. The molecule has 6 rings (SSSR count). The molecule has 2 fully saturated rings. The Morgan fingerprint density at radius 3 is 2.47 bits per heavy atom. The highest BCUT2D eigenvalue weighted by Gasteiger charge is 2.49. The third-order valence-electron chi connectivity index (χ3n) is 9.50. The van der Waals surface area contributed by atoms with E-state index in [0.29, 0.717) is 55.5 Å². The highest BCUT2D eigenvalue weighted by Crippen LogP contribution is 2.45. The number of nitriles is 1. The Morgan fingerprint density at radius 2 is 1.84 bits per heavy atom. The molecule has 0 aliphatic carbocycles. The van der Waals surface area contributed by atoms with Gasteiger partial charge in [-0.2, -0.15) is 23.5 Å². The predicted molar refractivity (Wildman–Crippen MR) is 168 cm³/mol. The molecule has 258 valence electrons. The van der Waals surface area contributed by atoms with Gasteiger partial charge in [-0.1, -0.05) is 18.2 Å². The van der Waals surface area contributed by atoms with Gasteiger partial charge in [-0.15, -0.1) is 0 Å². The predicted octanol–water partition coefficient (Wildman–Crippen LogP) is 4.02. The average Bonchev–Trinajstić information content (AvgIpc) is 3.71. The zero-order valence-corrected chi connectivity index (χ0v) is 26.8. The lowest BCUT2D eigenvalue weighted by atomic mass is 9.80. The van der Waals surface area contributed by atoms with E-state index in [9.17, 15) is 37.2 Å². The van der Waals surface area contributed by atoms with Crippen LogP contribution in [-0.2, 0) is 15.7 Å². The first-order valence-electron chi connectivity index (χ1n) is 16.1. The molecule has 2 saturated heterocycles. The lowest BCUT2D eigenvalue weighted by Crippen LogP contribution is -2.56. The monoisotopic (exact) mass is 681 g/mol. The number of carbonyl (C=O) groups is 3. The van der Waals surface area contributed by atoms with Crippen LogP contribution >= 0.6 is 0 Å². The molecule has 15 heteroatoms. The Bertz CT molecular complexity index is 1780. The van der Waals surface area contributed by atoms with Crippen molar-refractivity contribution in [2.24, 2.45) is 0 Å². The van der Waals surface area contributed by atoms with Crippen molar-refractivity contribution in [1.29, 1.82) is 5.26 Å². The number of hydrogen-bond acceptors (Lipinski definition) is 7. The van der Waals surface area contributed by atoms with Gasteiger partial charge in [0.05, 0.1) is 17.7 Å². The molecular formula is C34H35F4N7O4. The number of rotatable bonds is 7. The SMILES string of the molecule is CCN1C(=O)[C@@H](NC(=O)c2cccc(C(F)(F)F)c2)[C@@H](c2ccc(F)cc2)c2c(C(=O)N3C[C@H](NC)C[C@H]3C#N)nn(C3CCOCC3)c21. The Kier molecular flexibility index (Phi) is 9.45. The van der Waals surface area contributed by atoms with Gasteiger partial charge >= 0.3 is 6.18 Å². The van der Waals surface area contributed by atoms with Crippen LogP contribution < -0.4 is 15.5 Å². The molecule has 49 heavy (non-hydrogen) atoms. The maximum Gasteiger partial charge on any atom is 0.416 e. The number of anilines is 1. The smallest absolute Gasteiger partial charge is 0.381 e. The first-order chi connectivity index (χ1) is 23.5. The Labute approximate surface area is 279 Å². The summed E-state index contributed by atoms with van der Waals surface area (Å²) in [5.74, 6) is -3.40. The van der Waals surface area contributed by atoms with Crippen molar-refractivity contribution in [2.45, 2.75) is 62.4 Å². The van der Waals surface area contributed by atoms with E-state index >= 15 is 0 Å². The van der Waals surface area contributed by atoms with Crippen molar-refractivity contribution >= 4 is 23.5 Å². The van der Waals surface area contributed by atoms with Crippen LogP contribution in [0.3, 0.4) is 0 Å². The fourth-order valence-corrected chi connectivity index (χ4v) is 6.99. The van der Waals surface area contributed by atoms with Crippen molar-refractivity contribution < 1.29 is 36.7 Å². The summed E-state index contributed by atoms with van der Waals surface area (Å²) in [5, 5.41) is 20.6. The van der Waals surface area contributed by atoms with Gasteiger partial charge in [0.15, 0.2) is 5.69 Å². The number of fused-ring (bicyclic) bond motifs is 1. The van der Waals surface area contributed by atoms with Gasteiger partial charge in [-0.3, -0.25) is 19.3 Å². The summed E-state index contributed by atoms with van der Waals surface area (Å²) in [7, 11) is 1.74. The van der Waals surface area contributed by atoms with Crippen LogP contribution in [-0.4, -0.2) is 83.9 Å². The summed E-state index contributed by atoms with van der Waals surface area (Å²) >= 11 is 0. The van der Waals surface area contributed by atoms with Crippen molar-refractivity contribution in [3.8, 4) is 6.07 Å². The summed E-state index contributed by atoms with van der Waals surface area (Å²) < 4.78 is 62.1. The largest absolute Gasteiger partial charge is 0.416 e. The number of carbonyl (C=O) groups excluding carboxylic acids is 3. The molecule has 0 unspecified atom stereocenters. The molecule has 0 spiro atoms. The first-order valence-corrected chi connectivity index (χ1v) is 16.1. The van der Waals surface area contributed by atoms with Crippen molar-refractivity contribution in [3.63, 3.8) is 0 Å². The van der Waals surface area contributed by atoms with Crippen LogP contribution in [0.4, 0.5) is 23.4 Å². The molecule has 0 saturated carbocycles. The third-order valence-corrected chi connectivity index (χ3v) is 9.50. The maximum absolute atomic E-state index is 14.5. The number of nitrogens with zero attached hydrogens (tertiary/aromatic N) is 5. The first kappa shape index (κ1) is 34.1. The van der Waals surface area contributed by atoms with E-state index in [1.165, 1.54) is 40.1 Å². The number of benzene rings is 2. The van der Waals surface area contributed by atoms with E-state index in [1.807, 2.05) is 0 Å². The van der Waals surface area contributed by atoms with Crippen LogP contribution in [0.25, 0.3) is 0 Å². The standard InChI is InChI=1S/C34H35F4N7O4/c1-3-43-31-27(29(42-45(31)24-11-13-49-14-12-24)33(48)44-18-23(40-2)16-25(44)17-39)26(19-7-9-22(35)10-8-19)28(32(43)47)41-30(46)20-5-4-6-21(15-20)34(36,37)38/h4-10,15,23-26,28,40H,3,11-14,16,18H2,1-2H3,(H,41,46)/t23-,25+,26+,28+/m1/s1. The maximum atomic E-state index is 14.5. The second-order valence-corrected chi connectivity index (χ2v) is 12.3. The van der Waals surface area contributed by atoms with Crippen molar-refractivity contribution in [2.75, 3.05) is 38.3 Å². The number of likely N-dealkylation sites (N-methyl/N-ethyl adjacent to an activating group) is 2. The summed E-state index contributed by atoms with van der Waals surface area (Å²) in [5.41, 5.74) is -0.727. The molecule has 3 amide bonds. The Morgan fingerprint density at radius 1 is 1.12 bits per heavy atom. The molecule has 3 aliphatic rings. The van der Waals surface area contributed by atoms with Gasteiger partial charge in [0, 0.05) is 49.4 Å². The van der Waals surface area contributed by atoms with Gasteiger partial charge in [-0.25, -0.2) is 9.07 Å². The number of nitrogens with one attached hydrogen (secondary N) is 2. The van der Waals surface area contributed by atoms with Crippen molar-refractivity contribution in [1.82, 2.24) is 25.3 Å². The van der Waals surface area contributed by atoms with Gasteiger partial charge in [0.1, 0.15) is 23.7 Å². The molecule has 0 radical (unpaired) electrons. The Hall–Kier alpha value is -4.81. The molecule has 4 heterocycles. The number of hydrogen-bond donors (Lipinski definition) is 2. The van der Waals surface area contributed by atoms with Crippen LogP contribution in [0.5, 0.6) is 0 Å². The van der Waals surface area contributed by atoms with Crippen LogP contribution in [0, 0.1) is 17.1 Å². The number of amides is 3. The lowest BCUT2D eigenvalue weighted by Gasteiger charge is -2.39. The molecule has 0 bridgehead atoms. The number of ether oxygens (including phenoxy) is 1. The number of halogens is 4. The summed E-state index contributed by atoms with van der Waals surface area (Å²) in [6.45, 7) is 2.89. The minimum absolute atomic E-state index is 0.0305. The van der Waals surface area contributed by atoms with Gasteiger partial charge in [0.2, 0.25) is 0 Å². The van der Waals surface area contributed by atoms with E-state index < -0.39 is 53.3 Å². The molecule has 2 aromatic carbocycles. The zero-order valence-electron chi connectivity index (χ0n) is 26.8. The molecule has 11 nitrogen and oxygen atoms in total. The summed E-state index contributed by atoms with van der Waals surface area (Å²) in [6.07, 6.45) is -3.25. The quantitative estimate of drug-likeness (QED) is 0.360. The topological polar surface area (TPSA) is 133 Å². The highest BCUT2D eigenvalue weighted by molar-refractivity contribution is 6.07. The number of aromatic nitrogens is 2. The number of likely N-dealkylation sites (tertiary alicyclic amines) is 1. The number of alkyl halides is 3. The molecule has 2 N–H and O–H groups in total. The Balaban J connectivity index is 1.54. The fourth-order valence-electron chi connectivity index (χ4n) is 6.99. The van der Waals surface area contributed by atoms with E-state index in [1.54, 1.807) is 18.7 Å². The van der Waals surface area contributed by atoms with Crippen LogP contribution in [0.2, 0.25) is 0 Å². The second kappa shape index (κ2) is 13.6. The minimum atomic E-state index is -4.71. The third kappa shape index (κ3) is 6.38. The fraction of sp³-hybridized carbons (Fsp3) is 0.441. The molecule has 1 aromatic heterocycles. The second-order valence-electron chi connectivity index (χ2n) is 12.3. The lowest BCUT2D eigenvalue weighted by molar-refractivity contribution is -0.137. The van der Waals surface area contributed by atoms with Gasteiger partial charge < -0.3 is 20.3 Å². The van der Waals surface area contributed by atoms with Gasteiger partial charge in [-0.05, 0) is 69.1 Å². The van der Waals surface area contributed by atoms with E-state index in [4.69, 9.17) is 9.84 Å². The zero-order chi connectivity index (χ0) is 35.0. The molecule has 3 aromatic rings. The molecule has 4 atom stereocenters. The summed E-state index contributed by atoms with van der Waals surface area (Å²) in [6, 6.07) is 8.69. The highest BCUT2D eigenvalue weighted by atomic mass is 19.4. The van der Waals surface area contributed by atoms with Crippen LogP contribution in [0.15, 0.2) is 48.5 Å². The van der Waals surface area contributed by atoms with Gasteiger partial charge in [0.25, 0.3) is 17.7 Å². The van der Waals surface area contributed by atoms with E-state index in [-0.39, 0.29) is 36.4 Å². The summed E-state index contributed by atoms with van der Waals surface area (Å²) in [4.78, 5) is 45.5. The normalized spacial score (nSPS) is 22.9. The van der Waals surface area contributed by atoms with Crippen LogP contribution in [0.1, 0.15) is 75.7 Å². The molecule has 3 aliphatic heterocycles. The van der Waals surface area contributed by atoms with E-state index in [0.717, 1.165) is 12.1 Å². The van der Waals surface area contributed by atoms with Crippen molar-refractivity contribution in [3.05, 3.63) is 82.3 Å².